The van der Waals surface area contributed by atoms with Crippen molar-refractivity contribution in [2.45, 2.75) is 53.2 Å². The Hall–Kier alpha value is -2.47. The van der Waals surface area contributed by atoms with Gasteiger partial charge in [0.25, 0.3) is 5.56 Å². The van der Waals surface area contributed by atoms with E-state index in [-0.39, 0.29) is 18.0 Å². The molecule has 1 N–H and O–H groups in total. The molecule has 0 spiro atoms. The highest BCUT2D eigenvalue weighted by Gasteiger charge is 2.23. The lowest BCUT2D eigenvalue weighted by atomic mass is 10.1. The van der Waals surface area contributed by atoms with E-state index in [9.17, 15) is 9.59 Å². The molecule has 0 fully saturated rings. The van der Waals surface area contributed by atoms with Crippen LogP contribution in [0.1, 0.15) is 42.9 Å². The van der Waals surface area contributed by atoms with E-state index in [0.29, 0.717) is 24.8 Å². The summed E-state index contributed by atoms with van der Waals surface area (Å²) in [6.07, 6.45) is 1.69. The zero-order chi connectivity index (χ0) is 20.1. The summed E-state index contributed by atoms with van der Waals surface area (Å²) in [7, 11) is 0. The average Bonchev–Trinajstić information content (AvgIpc) is 2.66. The lowest BCUT2D eigenvalue weighted by molar-refractivity contribution is -0.121. The van der Waals surface area contributed by atoms with Gasteiger partial charge in [0, 0.05) is 32.6 Å². The number of amides is 1. The van der Waals surface area contributed by atoms with E-state index >= 15 is 0 Å². The lowest BCUT2D eigenvalue weighted by Gasteiger charge is -2.28. The van der Waals surface area contributed by atoms with Crippen molar-refractivity contribution in [1.82, 2.24) is 19.8 Å². The minimum Gasteiger partial charge on any atom is -0.355 e. The van der Waals surface area contributed by atoms with Crippen LogP contribution in [0.3, 0.4) is 0 Å². The van der Waals surface area contributed by atoms with Crippen molar-refractivity contribution in [2.24, 2.45) is 5.92 Å². The fourth-order valence-electron chi connectivity index (χ4n) is 3.55. The maximum absolute atomic E-state index is 13.1. The molecule has 150 valence electrons. The summed E-state index contributed by atoms with van der Waals surface area (Å²) in [6.45, 7) is 8.97. The molecule has 6 heteroatoms. The van der Waals surface area contributed by atoms with E-state index in [1.54, 1.807) is 6.92 Å². The van der Waals surface area contributed by atoms with E-state index in [4.69, 9.17) is 0 Å². The first kappa shape index (κ1) is 20.3. The van der Waals surface area contributed by atoms with Crippen molar-refractivity contribution in [3.8, 4) is 0 Å². The number of hydrogen-bond donors (Lipinski definition) is 1. The summed E-state index contributed by atoms with van der Waals surface area (Å²) in [5.41, 5.74) is 2.75. The fourth-order valence-corrected chi connectivity index (χ4v) is 3.55. The molecule has 1 amide bonds. The molecule has 2 aromatic rings. The van der Waals surface area contributed by atoms with Gasteiger partial charge in [-0.15, -0.1) is 0 Å². The highest BCUT2D eigenvalue weighted by Crippen LogP contribution is 2.17. The van der Waals surface area contributed by atoms with E-state index in [1.807, 2.05) is 18.2 Å². The average molecular weight is 383 g/mol. The van der Waals surface area contributed by atoms with E-state index < -0.39 is 0 Å². The van der Waals surface area contributed by atoms with Gasteiger partial charge >= 0.3 is 0 Å². The molecule has 0 aliphatic carbocycles. The number of benzene rings is 1. The molecule has 0 unspecified atom stereocenters. The van der Waals surface area contributed by atoms with Crippen molar-refractivity contribution in [3.63, 3.8) is 0 Å². The second-order valence-corrected chi connectivity index (χ2v) is 7.95. The van der Waals surface area contributed by atoms with Crippen molar-refractivity contribution < 1.29 is 4.79 Å². The molecule has 1 aromatic carbocycles. The molecule has 0 atom stereocenters. The van der Waals surface area contributed by atoms with Gasteiger partial charge in [-0.3, -0.25) is 19.1 Å². The standard InChI is InChI=1S/C22H30N4O2/c1-16(2)9-11-23-21(27)15-26-17(3)24-20-10-12-25(14-19(20)22(26)28)13-18-7-5-4-6-8-18/h4-8,16H,9-15H2,1-3H3,(H,23,27). The number of aryl methyl sites for hydroxylation is 1. The molecule has 0 radical (unpaired) electrons. The summed E-state index contributed by atoms with van der Waals surface area (Å²) in [6, 6.07) is 10.3. The van der Waals surface area contributed by atoms with Gasteiger partial charge in [0.1, 0.15) is 12.4 Å². The van der Waals surface area contributed by atoms with Gasteiger partial charge < -0.3 is 5.32 Å². The number of carbonyl (C=O) groups excluding carboxylic acids is 1. The van der Waals surface area contributed by atoms with Gasteiger partial charge in [0.15, 0.2) is 0 Å². The number of hydrogen-bond acceptors (Lipinski definition) is 4. The van der Waals surface area contributed by atoms with Crippen LogP contribution < -0.4 is 10.9 Å². The minimum atomic E-state index is -0.135. The predicted octanol–water partition coefficient (Wildman–Crippen LogP) is 2.27. The molecule has 3 rings (SSSR count). The van der Waals surface area contributed by atoms with Crippen LogP contribution in [0.15, 0.2) is 35.1 Å². The number of nitrogens with zero attached hydrogens (tertiary/aromatic N) is 3. The molecule has 1 aliphatic heterocycles. The van der Waals surface area contributed by atoms with Crippen molar-refractivity contribution in [2.75, 3.05) is 13.1 Å². The van der Waals surface area contributed by atoms with Gasteiger partial charge in [0.05, 0.1) is 11.3 Å². The Balaban J connectivity index is 1.72. The van der Waals surface area contributed by atoms with E-state index in [1.165, 1.54) is 10.1 Å². The van der Waals surface area contributed by atoms with Crippen LogP contribution in [0.4, 0.5) is 0 Å². The molecule has 0 bridgehead atoms. The summed E-state index contributed by atoms with van der Waals surface area (Å²) in [5.74, 6) is 1.01. The fraction of sp³-hybridized carbons (Fsp3) is 0.500. The summed E-state index contributed by atoms with van der Waals surface area (Å²) in [4.78, 5) is 32.2. The molecule has 0 saturated heterocycles. The molecule has 1 aromatic heterocycles. The Bertz CT molecular complexity index is 874. The molecule has 0 saturated carbocycles. The highest BCUT2D eigenvalue weighted by atomic mass is 16.2. The number of aromatic nitrogens is 2. The van der Waals surface area contributed by atoms with E-state index in [2.05, 4.69) is 41.2 Å². The SMILES string of the molecule is Cc1nc2c(c(=O)n1CC(=O)NCCC(C)C)CN(Cc1ccccc1)CC2. The zero-order valence-corrected chi connectivity index (χ0v) is 17.1. The Morgan fingerprint density at radius 3 is 2.71 bits per heavy atom. The second-order valence-electron chi connectivity index (χ2n) is 7.95. The molecule has 2 heterocycles. The molecule has 28 heavy (non-hydrogen) atoms. The quantitative estimate of drug-likeness (QED) is 0.798. The van der Waals surface area contributed by atoms with E-state index in [0.717, 1.165) is 37.2 Å². The third kappa shape index (κ3) is 5.07. The third-order valence-electron chi connectivity index (χ3n) is 5.18. The summed E-state index contributed by atoms with van der Waals surface area (Å²) in [5, 5.41) is 2.90. The molecular weight excluding hydrogens is 352 g/mol. The number of nitrogens with one attached hydrogen (secondary N) is 1. The Labute approximate surface area is 166 Å². The van der Waals surface area contributed by atoms with Crippen LogP contribution in [0.2, 0.25) is 0 Å². The van der Waals surface area contributed by atoms with Gasteiger partial charge in [-0.1, -0.05) is 44.2 Å². The second kappa shape index (κ2) is 9.15. The maximum Gasteiger partial charge on any atom is 0.258 e. The first-order chi connectivity index (χ1) is 13.4. The first-order valence-corrected chi connectivity index (χ1v) is 10.1. The zero-order valence-electron chi connectivity index (χ0n) is 17.1. The Kier molecular flexibility index (Phi) is 6.62. The summed E-state index contributed by atoms with van der Waals surface area (Å²) < 4.78 is 1.51. The molecular formula is C22H30N4O2. The van der Waals surface area contributed by atoms with Crippen LogP contribution in [0, 0.1) is 12.8 Å². The van der Waals surface area contributed by atoms with Crippen LogP contribution in [-0.4, -0.2) is 33.4 Å². The van der Waals surface area contributed by atoms with Gasteiger partial charge in [0.2, 0.25) is 5.91 Å². The minimum absolute atomic E-state index is 0.0295. The van der Waals surface area contributed by atoms with Crippen LogP contribution in [0.5, 0.6) is 0 Å². The third-order valence-corrected chi connectivity index (χ3v) is 5.18. The number of fused-ring (bicyclic) bond motifs is 1. The van der Waals surface area contributed by atoms with Gasteiger partial charge in [-0.2, -0.15) is 0 Å². The van der Waals surface area contributed by atoms with Crippen molar-refractivity contribution in [3.05, 3.63) is 63.3 Å². The lowest BCUT2D eigenvalue weighted by Crippen LogP contribution is -2.41. The number of rotatable bonds is 7. The predicted molar refractivity (Wildman–Crippen MR) is 110 cm³/mol. The maximum atomic E-state index is 13.1. The largest absolute Gasteiger partial charge is 0.355 e. The van der Waals surface area contributed by atoms with Gasteiger partial charge in [-0.25, -0.2) is 4.98 Å². The summed E-state index contributed by atoms with van der Waals surface area (Å²) >= 11 is 0. The van der Waals surface area contributed by atoms with Crippen molar-refractivity contribution in [1.29, 1.82) is 0 Å². The highest BCUT2D eigenvalue weighted by molar-refractivity contribution is 5.75. The topological polar surface area (TPSA) is 67.2 Å². The Morgan fingerprint density at radius 1 is 1.25 bits per heavy atom. The number of carbonyl (C=O) groups is 1. The van der Waals surface area contributed by atoms with Crippen LogP contribution >= 0.6 is 0 Å². The Morgan fingerprint density at radius 2 is 2.00 bits per heavy atom. The molecule has 1 aliphatic rings. The first-order valence-electron chi connectivity index (χ1n) is 10.1. The monoisotopic (exact) mass is 382 g/mol. The molecule has 6 nitrogen and oxygen atoms in total. The van der Waals surface area contributed by atoms with Gasteiger partial charge in [-0.05, 0) is 24.8 Å². The van der Waals surface area contributed by atoms with Crippen molar-refractivity contribution >= 4 is 5.91 Å². The van der Waals surface area contributed by atoms with Crippen LogP contribution in [0.25, 0.3) is 0 Å². The normalized spacial score (nSPS) is 14.1. The smallest absolute Gasteiger partial charge is 0.258 e. The van der Waals surface area contributed by atoms with Crippen LogP contribution in [-0.2, 0) is 30.8 Å².